The van der Waals surface area contributed by atoms with Crippen molar-refractivity contribution in [2.24, 2.45) is 0 Å². The Morgan fingerprint density at radius 3 is 2.56 bits per heavy atom. The number of benzene rings is 2. The molecule has 0 aliphatic carbocycles. The van der Waals surface area contributed by atoms with Crippen molar-refractivity contribution in [3.63, 3.8) is 0 Å². The number of hydrogen-bond acceptors (Lipinski definition) is 6. The third-order valence-corrected chi connectivity index (χ3v) is 6.09. The summed E-state index contributed by atoms with van der Waals surface area (Å²) >= 11 is 0.931. The molecule has 0 saturated carbocycles. The molecule has 32 heavy (non-hydrogen) atoms. The molecule has 7 heteroatoms. The SMILES string of the molecule is CCC(C)Oc1ccc(/C=C2\SC(=O)N(CCOc3cc(C)ccc3C)C2=O)cc1OC. The maximum Gasteiger partial charge on any atom is 0.293 e. The van der Waals surface area contributed by atoms with Gasteiger partial charge in [-0.15, -0.1) is 0 Å². The van der Waals surface area contributed by atoms with Crippen molar-refractivity contribution in [2.75, 3.05) is 20.3 Å². The highest BCUT2D eigenvalue weighted by atomic mass is 32.2. The normalized spacial score (nSPS) is 15.9. The smallest absolute Gasteiger partial charge is 0.293 e. The highest BCUT2D eigenvalue weighted by Crippen LogP contribution is 2.35. The summed E-state index contributed by atoms with van der Waals surface area (Å²) < 4.78 is 17.1. The zero-order valence-corrected chi connectivity index (χ0v) is 20.0. The number of amides is 2. The van der Waals surface area contributed by atoms with Crippen LogP contribution in [0.15, 0.2) is 41.3 Å². The molecule has 2 amide bonds. The molecule has 1 unspecified atom stereocenters. The van der Waals surface area contributed by atoms with E-state index in [1.54, 1.807) is 19.3 Å². The first kappa shape index (κ1) is 23.7. The molecule has 170 valence electrons. The molecular weight excluding hydrogens is 426 g/mol. The Morgan fingerprint density at radius 2 is 1.84 bits per heavy atom. The molecule has 1 fully saturated rings. The number of thioether (sulfide) groups is 1. The number of rotatable bonds is 9. The van der Waals surface area contributed by atoms with Gasteiger partial charge in [-0.05, 0) is 79.9 Å². The van der Waals surface area contributed by atoms with E-state index in [1.807, 2.05) is 51.1 Å². The number of nitrogens with zero attached hydrogens (tertiary/aromatic N) is 1. The fourth-order valence-electron chi connectivity index (χ4n) is 3.13. The molecule has 1 saturated heterocycles. The van der Waals surface area contributed by atoms with Gasteiger partial charge in [-0.1, -0.05) is 25.1 Å². The third-order valence-electron chi connectivity index (χ3n) is 5.18. The van der Waals surface area contributed by atoms with Gasteiger partial charge in [-0.3, -0.25) is 14.5 Å². The van der Waals surface area contributed by atoms with E-state index in [2.05, 4.69) is 6.92 Å². The van der Waals surface area contributed by atoms with Crippen molar-refractivity contribution in [3.8, 4) is 17.2 Å². The van der Waals surface area contributed by atoms with Gasteiger partial charge in [0, 0.05) is 0 Å². The highest BCUT2D eigenvalue weighted by Gasteiger charge is 2.34. The Kier molecular flexibility index (Phi) is 7.85. The molecule has 1 atom stereocenters. The molecule has 3 rings (SSSR count). The lowest BCUT2D eigenvalue weighted by Gasteiger charge is -2.16. The first-order valence-electron chi connectivity index (χ1n) is 10.6. The molecule has 2 aromatic carbocycles. The van der Waals surface area contributed by atoms with Gasteiger partial charge in [-0.2, -0.15) is 0 Å². The summed E-state index contributed by atoms with van der Waals surface area (Å²) in [5, 5.41) is -0.297. The van der Waals surface area contributed by atoms with Crippen LogP contribution in [-0.2, 0) is 4.79 Å². The summed E-state index contributed by atoms with van der Waals surface area (Å²) in [4.78, 5) is 26.8. The number of hydrogen-bond donors (Lipinski definition) is 0. The molecule has 1 heterocycles. The van der Waals surface area contributed by atoms with Crippen LogP contribution in [0, 0.1) is 13.8 Å². The summed E-state index contributed by atoms with van der Waals surface area (Å²) in [5.74, 6) is 1.68. The largest absolute Gasteiger partial charge is 0.493 e. The van der Waals surface area contributed by atoms with E-state index in [9.17, 15) is 9.59 Å². The molecule has 1 aliphatic rings. The number of ether oxygens (including phenoxy) is 3. The second-order valence-corrected chi connectivity index (χ2v) is 8.69. The van der Waals surface area contributed by atoms with Gasteiger partial charge >= 0.3 is 0 Å². The van der Waals surface area contributed by atoms with Crippen LogP contribution in [0.2, 0.25) is 0 Å². The zero-order valence-electron chi connectivity index (χ0n) is 19.1. The van der Waals surface area contributed by atoms with Gasteiger partial charge in [0.2, 0.25) is 0 Å². The quantitative estimate of drug-likeness (QED) is 0.458. The van der Waals surface area contributed by atoms with Gasteiger partial charge in [-0.25, -0.2) is 0 Å². The molecular formula is C25H29NO5S. The lowest BCUT2D eigenvalue weighted by molar-refractivity contribution is -0.123. The van der Waals surface area contributed by atoms with E-state index in [0.29, 0.717) is 16.4 Å². The zero-order chi connectivity index (χ0) is 23.3. The number of imide groups is 1. The Bertz CT molecular complexity index is 1030. The second kappa shape index (κ2) is 10.6. The number of carbonyl (C=O) groups excluding carboxylic acids is 2. The fraction of sp³-hybridized carbons (Fsp3) is 0.360. The summed E-state index contributed by atoms with van der Waals surface area (Å²) in [6.45, 7) is 8.43. The van der Waals surface area contributed by atoms with Crippen molar-refractivity contribution >= 4 is 29.0 Å². The van der Waals surface area contributed by atoms with E-state index < -0.39 is 0 Å². The average Bonchev–Trinajstić information content (AvgIpc) is 3.04. The molecule has 0 bridgehead atoms. The number of carbonyl (C=O) groups is 2. The molecule has 2 aromatic rings. The van der Waals surface area contributed by atoms with Gasteiger partial charge in [0.05, 0.1) is 24.7 Å². The van der Waals surface area contributed by atoms with Crippen molar-refractivity contribution in [1.29, 1.82) is 0 Å². The monoisotopic (exact) mass is 455 g/mol. The van der Waals surface area contributed by atoms with Crippen LogP contribution in [0.25, 0.3) is 6.08 Å². The minimum Gasteiger partial charge on any atom is -0.493 e. The third kappa shape index (κ3) is 5.65. The van der Waals surface area contributed by atoms with Crippen LogP contribution in [-0.4, -0.2) is 42.4 Å². The van der Waals surface area contributed by atoms with Crippen molar-refractivity contribution in [1.82, 2.24) is 4.90 Å². The number of methoxy groups -OCH3 is 1. The van der Waals surface area contributed by atoms with E-state index in [4.69, 9.17) is 14.2 Å². The fourth-order valence-corrected chi connectivity index (χ4v) is 3.99. The lowest BCUT2D eigenvalue weighted by Crippen LogP contribution is -2.32. The predicted molar refractivity (Wildman–Crippen MR) is 127 cm³/mol. The Labute approximate surface area is 193 Å². The number of aryl methyl sites for hydroxylation is 2. The summed E-state index contributed by atoms with van der Waals surface area (Å²) in [6, 6.07) is 11.4. The van der Waals surface area contributed by atoms with E-state index in [1.165, 1.54) is 4.90 Å². The lowest BCUT2D eigenvalue weighted by atomic mass is 10.1. The first-order valence-corrected chi connectivity index (χ1v) is 11.4. The Hall–Kier alpha value is -2.93. The van der Waals surface area contributed by atoms with Gasteiger partial charge in [0.1, 0.15) is 12.4 Å². The van der Waals surface area contributed by atoms with Crippen LogP contribution in [0.1, 0.15) is 37.0 Å². The molecule has 0 radical (unpaired) electrons. The maximum atomic E-state index is 12.8. The van der Waals surface area contributed by atoms with Crippen LogP contribution < -0.4 is 14.2 Å². The van der Waals surface area contributed by atoms with Crippen molar-refractivity contribution in [2.45, 2.75) is 40.2 Å². The van der Waals surface area contributed by atoms with Gasteiger partial charge < -0.3 is 14.2 Å². The van der Waals surface area contributed by atoms with Crippen molar-refractivity contribution in [3.05, 3.63) is 58.0 Å². The van der Waals surface area contributed by atoms with Crippen LogP contribution in [0.3, 0.4) is 0 Å². The minimum absolute atomic E-state index is 0.0667. The molecule has 6 nitrogen and oxygen atoms in total. The minimum atomic E-state index is -0.316. The first-order chi connectivity index (χ1) is 15.3. The molecule has 0 spiro atoms. The van der Waals surface area contributed by atoms with Gasteiger partial charge in [0.25, 0.3) is 11.1 Å². The maximum absolute atomic E-state index is 12.8. The van der Waals surface area contributed by atoms with Crippen LogP contribution >= 0.6 is 11.8 Å². The Balaban J connectivity index is 1.67. The van der Waals surface area contributed by atoms with E-state index in [0.717, 1.165) is 40.6 Å². The molecule has 1 aliphatic heterocycles. The topological polar surface area (TPSA) is 65.1 Å². The van der Waals surface area contributed by atoms with E-state index >= 15 is 0 Å². The van der Waals surface area contributed by atoms with Gasteiger partial charge in [0.15, 0.2) is 11.5 Å². The summed E-state index contributed by atoms with van der Waals surface area (Å²) in [5.41, 5.74) is 2.87. The van der Waals surface area contributed by atoms with Crippen LogP contribution in [0.4, 0.5) is 4.79 Å². The predicted octanol–water partition coefficient (Wildman–Crippen LogP) is 5.60. The van der Waals surface area contributed by atoms with E-state index in [-0.39, 0.29) is 30.4 Å². The molecule has 0 N–H and O–H groups in total. The molecule has 0 aromatic heterocycles. The van der Waals surface area contributed by atoms with Crippen LogP contribution in [0.5, 0.6) is 17.2 Å². The summed E-state index contributed by atoms with van der Waals surface area (Å²) in [7, 11) is 1.58. The average molecular weight is 456 g/mol. The summed E-state index contributed by atoms with van der Waals surface area (Å²) in [6.07, 6.45) is 2.65. The highest BCUT2D eigenvalue weighted by molar-refractivity contribution is 8.18. The standard InChI is InChI=1S/C25H29NO5S/c1-6-18(4)31-20-10-9-19(14-22(20)29-5)15-23-24(27)26(25(28)32-23)11-12-30-21-13-16(2)7-8-17(21)3/h7-10,13-15,18H,6,11-12H2,1-5H3/b23-15-. The Morgan fingerprint density at radius 1 is 1.06 bits per heavy atom. The van der Waals surface area contributed by atoms with Crippen molar-refractivity contribution < 1.29 is 23.8 Å². The second-order valence-electron chi connectivity index (χ2n) is 7.70.